The third-order valence-electron chi connectivity index (χ3n) is 6.75. The number of likely N-dealkylation sites (tertiary alicyclic amines) is 1. The molecular weight excluding hydrogens is 465 g/mol. The monoisotopic (exact) mass is 491 g/mol. The second-order valence-electron chi connectivity index (χ2n) is 8.93. The van der Waals surface area contributed by atoms with Gasteiger partial charge in [-0.05, 0) is 42.0 Å². The zero-order valence-electron chi connectivity index (χ0n) is 19.6. The molecule has 1 spiro atoms. The fourth-order valence-corrected chi connectivity index (χ4v) is 4.81. The van der Waals surface area contributed by atoms with Crippen LogP contribution < -0.4 is 5.32 Å². The van der Waals surface area contributed by atoms with Gasteiger partial charge in [-0.15, -0.1) is 0 Å². The topological polar surface area (TPSA) is 92.1 Å². The molecule has 0 saturated carbocycles. The van der Waals surface area contributed by atoms with E-state index in [1.54, 1.807) is 53.4 Å². The summed E-state index contributed by atoms with van der Waals surface area (Å²) in [6.07, 6.45) is 2.17. The summed E-state index contributed by atoms with van der Waals surface area (Å²) in [6, 6.07) is 17.1. The van der Waals surface area contributed by atoms with E-state index in [1.165, 1.54) is 23.3 Å². The maximum absolute atomic E-state index is 13.7. The molecule has 2 aliphatic rings. The van der Waals surface area contributed by atoms with Gasteiger partial charge in [0.25, 0.3) is 11.8 Å². The van der Waals surface area contributed by atoms with E-state index in [0.29, 0.717) is 31.5 Å². The van der Waals surface area contributed by atoms with Crippen molar-refractivity contribution in [1.82, 2.24) is 15.1 Å². The molecule has 1 aromatic heterocycles. The minimum Gasteiger partial charge on any atom is -0.459 e. The summed E-state index contributed by atoms with van der Waals surface area (Å²) >= 11 is 0. The summed E-state index contributed by atoms with van der Waals surface area (Å²) in [6.45, 7) is 0.936. The Balaban J connectivity index is 1.35. The molecule has 3 heterocycles. The first-order valence-corrected chi connectivity index (χ1v) is 11.8. The Morgan fingerprint density at radius 1 is 0.944 bits per heavy atom. The van der Waals surface area contributed by atoms with Crippen LogP contribution in [0.3, 0.4) is 0 Å². The van der Waals surface area contributed by atoms with Gasteiger partial charge in [0.2, 0.25) is 5.91 Å². The predicted octanol–water partition coefficient (Wildman–Crippen LogP) is 3.21. The van der Waals surface area contributed by atoms with E-state index in [0.717, 1.165) is 5.56 Å². The van der Waals surface area contributed by atoms with Crippen LogP contribution in [0.5, 0.6) is 0 Å². The van der Waals surface area contributed by atoms with Crippen molar-refractivity contribution in [3.8, 4) is 0 Å². The second kappa shape index (κ2) is 9.94. The van der Waals surface area contributed by atoms with Crippen molar-refractivity contribution in [2.24, 2.45) is 0 Å². The number of carbonyl (C=O) groups is 3. The lowest BCUT2D eigenvalue weighted by Crippen LogP contribution is -2.59. The molecule has 2 saturated heterocycles. The highest BCUT2D eigenvalue weighted by Crippen LogP contribution is 2.38. The maximum Gasteiger partial charge on any atom is 0.289 e. The van der Waals surface area contributed by atoms with E-state index < -0.39 is 11.8 Å². The van der Waals surface area contributed by atoms with Crippen LogP contribution in [0.2, 0.25) is 0 Å². The quantitative estimate of drug-likeness (QED) is 0.592. The molecule has 1 N–H and O–H groups in total. The fraction of sp³-hybridized carbons (Fsp3) is 0.296. The van der Waals surface area contributed by atoms with Crippen molar-refractivity contribution in [2.45, 2.75) is 31.2 Å². The van der Waals surface area contributed by atoms with Gasteiger partial charge in [-0.3, -0.25) is 19.3 Å². The van der Waals surface area contributed by atoms with E-state index >= 15 is 0 Å². The number of halogens is 1. The van der Waals surface area contributed by atoms with Crippen LogP contribution in [0.4, 0.5) is 4.39 Å². The Morgan fingerprint density at radius 3 is 2.33 bits per heavy atom. The van der Waals surface area contributed by atoms with Crippen LogP contribution >= 0.6 is 0 Å². The van der Waals surface area contributed by atoms with Crippen LogP contribution in [0.15, 0.2) is 77.4 Å². The standard InChI is InChI=1S/C27H26FN3O5/c28-21-10-8-19(9-11-21)17-29-24(32)22-18-36-27(31(22)25(33)20-5-2-1-3-6-20)12-14-30(15-13-27)26(34)23-7-4-16-35-23/h1-11,16,22H,12-15,17-18H2,(H,29,32)/t22-/m1/s1. The minimum absolute atomic E-state index is 0.0416. The van der Waals surface area contributed by atoms with Crippen LogP contribution in [0.1, 0.15) is 39.3 Å². The number of furan rings is 1. The Labute approximate surface area is 207 Å². The summed E-state index contributed by atoms with van der Waals surface area (Å²) in [5.41, 5.74) is 0.182. The fourth-order valence-electron chi connectivity index (χ4n) is 4.81. The van der Waals surface area contributed by atoms with Crippen molar-refractivity contribution in [1.29, 1.82) is 0 Å². The van der Waals surface area contributed by atoms with Gasteiger partial charge in [-0.2, -0.15) is 0 Å². The number of ether oxygens (including phenoxy) is 1. The Morgan fingerprint density at radius 2 is 1.67 bits per heavy atom. The van der Waals surface area contributed by atoms with Gasteiger partial charge in [0, 0.05) is 38.0 Å². The first-order chi connectivity index (χ1) is 17.5. The van der Waals surface area contributed by atoms with Crippen molar-refractivity contribution in [2.75, 3.05) is 19.7 Å². The molecule has 2 fully saturated rings. The maximum atomic E-state index is 13.7. The summed E-state index contributed by atoms with van der Waals surface area (Å²) in [7, 11) is 0. The molecule has 3 amide bonds. The van der Waals surface area contributed by atoms with Gasteiger partial charge >= 0.3 is 0 Å². The summed E-state index contributed by atoms with van der Waals surface area (Å²) in [5.74, 6) is -0.973. The average Bonchev–Trinajstić information content (AvgIpc) is 3.57. The van der Waals surface area contributed by atoms with E-state index in [4.69, 9.17) is 9.15 Å². The van der Waals surface area contributed by atoms with Crippen molar-refractivity contribution in [3.05, 3.63) is 95.7 Å². The van der Waals surface area contributed by atoms with Gasteiger partial charge in [-0.1, -0.05) is 30.3 Å². The average molecular weight is 492 g/mol. The molecule has 0 radical (unpaired) electrons. The molecule has 5 rings (SSSR count). The first kappa shape index (κ1) is 23.7. The lowest BCUT2D eigenvalue weighted by atomic mass is 9.96. The molecule has 3 aromatic rings. The number of hydrogen-bond donors (Lipinski definition) is 1. The molecule has 2 aliphatic heterocycles. The zero-order chi connectivity index (χ0) is 25.1. The van der Waals surface area contributed by atoms with Crippen LogP contribution in [-0.2, 0) is 16.1 Å². The van der Waals surface area contributed by atoms with Gasteiger partial charge in [0.1, 0.15) is 17.6 Å². The molecule has 0 aliphatic carbocycles. The molecule has 0 unspecified atom stereocenters. The summed E-state index contributed by atoms with van der Waals surface area (Å²) < 4.78 is 24.6. The van der Waals surface area contributed by atoms with Gasteiger partial charge in [0.15, 0.2) is 5.76 Å². The minimum atomic E-state index is -1.01. The number of benzene rings is 2. The van der Waals surface area contributed by atoms with Crippen molar-refractivity contribution < 1.29 is 27.9 Å². The number of nitrogens with one attached hydrogen (secondary N) is 1. The van der Waals surface area contributed by atoms with Gasteiger partial charge < -0.3 is 19.4 Å². The van der Waals surface area contributed by atoms with E-state index in [-0.39, 0.29) is 42.5 Å². The Bertz CT molecular complexity index is 1220. The molecule has 1 atom stereocenters. The van der Waals surface area contributed by atoms with Crippen LogP contribution in [0, 0.1) is 5.82 Å². The second-order valence-corrected chi connectivity index (χ2v) is 8.93. The van der Waals surface area contributed by atoms with E-state index in [1.807, 2.05) is 6.07 Å². The molecule has 0 bridgehead atoms. The first-order valence-electron chi connectivity index (χ1n) is 11.8. The van der Waals surface area contributed by atoms with Crippen LogP contribution in [0.25, 0.3) is 0 Å². The van der Waals surface area contributed by atoms with Gasteiger partial charge in [0.05, 0.1) is 12.9 Å². The highest BCUT2D eigenvalue weighted by Gasteiger charge is 2.54. The predicted molar refractivity (Wildman–Crippen MR) is 127 cm³/mol. The Hall–Kier alpha value is -3.98. The van der Waals surface area contributed by atoms with Gasteiger partial charge in [-0.25, -0.2) is 4.39 Å². The summed E-state index contributed by atoms with van der Waals surface area (Å²) in [5, 5.41) is 2.85. The number of nitrogens with zero attached hydrogens (tertiary/aromatic N) is 2. The molecule has 36 heavy (non-hydrogen) atoms. The molecule has 186 valence electrons. The number of piperidine rings is 1. The number of hydrogen-bond acceptors (Lipinski definition) is 5. The Kier molecular flexibility index (Phi) is 6.56. The zero-order valence-corrected chi connectivity index (χ0v) is 19.6. The highest BCUT2D eigenvalue weighted by atomic mass is 19.1. The third kappa shape index (κ3) is 4.61. The summed E-state index contributed by atoms with van der Waals surface area (Å²) in [4.78, 5) is 42.9. The number of carbonyl (C=O) groups excluding carboxylic acids is 3. The highest BCUT2D eigenvalue weighted by molar-refractivity contribution is 5.98. The van der Waals surface area contributed by atoms with Crippen molar-refractivity contribution >= 4 is 17.7 Å². The molecule has 9 heteroatoms. The molecule has 2 aromatic carbocycles. The number of rotatable bonds is 5. The normalized spacial score (nSPS) is 18.9. The lowest BCUT2D eigenvalue weighted by molar-refractivity contribution is -0.128. The van der Waals surface area contributed by atoms with Crippen LogP contribution in [-0.4, -0.2) is 59.0 Å². The van der Waals surface area contributed by atoms with E-state index in [2.05, 4.69) is 5.32 Å². The third-order valence-corrected chi connectivity index (χ3v) is 6.75. The SMILES string of the molecule is O=C(NCc1ccc(F)cc1)[C@H]1COC2(CCN(C(=O)c3ccco3)CC2)N1C(=O)c1ccccc1. The van der Waals surface area contributed by atoms with E-state index in [9.17, 15) is 18.8 Å². The molecular formula is C27H26FN3O5. The largest absolute Gasteiger partial charge is 0.459 e. The number of amides is 3. The lowest BCUT2D eigenvalue weighted by Gasteiger charge is -2.44. The smallest absolute Gasteiger partial charge is 0.289 e. The molecule has 8 nitrogen and oxygen atoms in total. The van der Waals surface area contributed by atoms with Crippen molar-refractivity contribution in [3.63, 3.8) is 0 Å².